The van der Waals surface area contributed by atoms with Gasteiger partial charge in [0.25, 0.3) is 0 Å². The van der Waals surface area contributed by atoms with Crippen LogP contribution in [0.2, 0.25) is 0 Å². The molecule has 2 aromatic rings. The predicted molar refractivity (Wildman–Crippen MR) is 76.8 cm³/mol. The first-order valence-corrected chi connectivity index (χ1v) is 6.95. The van der Waals surface area contributed by atoms with E-state index in [1.165, 1.54) is 13.2 Å². The molecule has 0 radical (unpaired) electrons. The lowest BCUT2D eigenvalue weighted by Crippen LogP contribution is -2.07. The zero-order valence-corrected chi connectivity index (χ0v) is 13.3. The third-order valence-electron chi connectivity index (χ3n) is 2.82. The monoisotopic (exact) mass is 357 g/mol. The number of rotatable bonds is 4. The van der Waals surface area contributed by atoms with Crippen LogP contribution < -0.4 is 4.74 Å². The Hall–Kier alpha value is -1.89. The molecule has 0 amide bonds. The predicted octanol–water partition coefficient (Wildman–Crippen LogP) is 3.74. The van der Waals surface area contributed by atoms with E-state index in [0.717, 1.165) is 0 Å². The van der Waals surface area contributed by atoms with Crippen molar-refractivity contribution in [1.82, 2.24) is 5.16 Å². The summed E-state index contributed by atoms with van der Waals surface area (Å²) in [5.41, 5.74) is 0.213. The first-order valence-electron chi connectivity index (χ1n) is 6.16. The molecule has 0 bridgehead atoms. The van der Waals surface area contributed by atoms with E-state index in [1.54, 1.807) is 19.9 Å². The van der Waals surface area contributed by atoms with Crippen molar-refractivity contribution < 1.29 is 23.2 Å². The normalized spacial score (nSPS) is 10.5. The average molecular weight is 358 g/mol. The van der Waals surface area contributed by atoms with Gasteiger partial charge in [0, 0.05) is 4.47 Å². The standard InChI is InChI=1S/C14H13BrFNO4/c1-4-20-14(18)11-7(2)21-17-13(11)12-9(16)5-8(15)6-10(12)19-3/h5-6H,4H2,1-3H3. The van der Waals surface area contributed by atoms with Crippen LogP contribution in [0.4, 0.5) is 4.39 Å². The number of benzene rings is 1. The molecular formula is C14H13BrFNO4. The van der Waals surface area contributed by atoms with Gasteiger partial charge in [-0.2, -0.15) is 0 Å². The van der Waals surface area contributed by atoms with Crippen LogP contribution in [0.1, 0.15) is 23.0 Å². The quantitative estimate of drug-likeness (QED) is 0.780. The number of ether oxygens (including phenoxy) is 2. The summed E-state index contributed by atoms with van der Waals surface area (Å²) in [4.78, 5) is 12.0. The second-order valence-electron chi connectivity index (χ2n) is 4.15. The van der Waals surface area contributed by atoms with Gasteiger partial charge in [-0.25, -0.2) is 9.18 Å². The van der Waals surface area contributed by atoms with E-state index in [2.05, 4.69) is 21.1 Å². The minimum Gasteiger partial charge on any atom is -0.496 e. The SMILES string of the molecule is CCOC(=O)c1c(-c2c(F)cc(Br)cc2OC)noc1C. The molecule has 0 unspecified atom stereocenters. The van der Waals surface area contributed by atoms with Crippen molar-refractivity contribution in [3.8, 4) is 17.0 Å². The highest BCUT2D eigenvalue weighted by molar-refractivity contribution is 9.10. The Morgan fingerprint density at radius 2 is 2.19 bits per heavy atom. The van der Waals surface area contributed by atoms with Crippen LogP contribution in [-0.2, 0) is 4.74 Å². The zero-order valence-electron chi connectivity index (χ0n) is 11.7. The molecule has 2 rings (SSSR count). The lowest BCUT2D eigenvalue weighted by atomic mass is 10.0. The summed E-state index contributed by atoms with van der Waals surface area (Å²) >= 11 is 3.18. The van der Waals surface area contributed by atoms with Crippen molar-refractivity contribution in [2.45, 2.75) is 13.8 Å². The van der Waals surface area contributed by atoms with Crippen molar-refractivity contribution in [2.24, 2.45) is 0 Å². The maximum Gasteiger partial charge on any atom is 0.344 e. The maximum atomic E-state index is 14.3. The molecular weight excluding hydrogens is 345 g/mol. The minimum atomic E-state index is -0.615. The molecule has 5 nitrogen and oxygen atoms in total. The van der Waals surface area contributed by atoms with Crippen LogP contribution in [0.3, 0.4) is 0 Å². The molecule has 0 saturated carbocycles. The molecule has 112 valence electrons. The molecule has 7 heteroatoms. The van der Waals surface area contributed by atoms with Crippen LogP contribution in [0.5, 0.6) is 5.75 Å². The molecule has 1 aromatic carbocycles. The smallest absolute Gasteiger partial charge is 0.344 e. The highest BCUT2D eigenvalue weighted by Gasteiger charge is 2.27. The number of aromatic nitrogens is 1. The maximum absolute atomic E-state index is 14.3. The largest absolute Gasteiger partial charge is 0.496 e. The van der Waals surface area contributed by atoms with Crippen molar-refractivity contribution >= 4 is 21.9 Å². The first kappa shape index (κ1) is 15.5. The zero-order chi connectivity index (χ0) is 15.6. The van der Waals surface area contributed by atoms with Gasteiger partial charge in [-0.15, -0.1) is 0 Å². The third kappa shape index (κ3) is 2.92. The molecule has 0 N–H and O–H groups in total. The first-order chi connectivity index (χ1) is 9.99. The topological polar surface area (TPSA) is 61.6 Å². The molecule has 0 fully saturated rings. The molecule has 1 heterocycles. The molecule has 1 aromatic heterocycles. The second kappa shape index (κ2) is 6.26. The van der Waals surface area contributed by atoms with Crippen LogP contribution in [0, 0.1) is 12.7 Å². The fraction of sp³-hybridized carbons (Fsp3) is 0.286. The van der Waals surface area contributed by atoms with Gasteiger partial charge in [-0.05, 0) is 26.0 Å². The van der Waals surface area contributed by atoms with Crippen LogP contribution in [-0.4, -0.2) is 24.8 Å². The lowest BCUT2D eigenvalue weighted by molar-refractivity contribution is 0.0525. The Morgan fingerprint density at radius 3 is 2.81 bits per heavy atom. The van der Waals surface area contributed by atoms with Crippen LogP contribution in [0.15, 0.2) is 21.1 Å². The number of nitrogens with zero attached hydrogens (tertiary/aromatic N) is 1. The fourth-order valence-corrected chi connectivity index (χ4v) is 2.34. The summed E-state index contributed by atoms with van der Waals surface area (Å²) in [6, 6.07) is 2.84. The Morgan fingerprint density at radius 1 is 1.48 bits per heavy atom. The van der Waals surface area contributed by atoms with Gasteiger partial charge < -0.3 is 14.0 Å². The Balaban J connectivity index is 2.66. The number of carbonyl (C=O) groups is 1. The second-order valence-corrected chi connectivity index (χ2v) is 5.06. The van der Waals surface area contributed by atoms with E-state index in [4.69, 9.17) is 14.0 Å². The van der Waals surface area contributed by atoms with Gasteiger partial charge in [0.05, 0.1) is 19.3 Å². The van der Waals surface area contributed by atoms with E-state index < -0.39 is 11.8 Å². The summed E-state index contributed by atoms with van der Waals surface area (Å²) < 4.78 is 29.9. The molecule has 0 aliphatic carbocycles. The summed E-state index contributed by atoms with van der Waals surface area (Å²) in [6.45, 7) is 3.44. The lowest BCUT2D eigenvalue weighted by Gasteiger charge is -2.09. The van der Waals surface area contributed by atoms with Crippen molar-refractivity contribution in [1.29, 1.82) is 0 Å². The molecule has 0 aliphatic heterocycles. The number of esters is 1. The number of hydrogen-bond donors (Lipinski definition) is 0. The van der Waals surface area contributed by atoms with Crippen molar-refractivity contribution in [2.75, 3.05) is 13.7 Å². The number of aryl methyl sites for hydroxylation is 1. The third-order valence-corrected chi connectivity index (χ3v) is 3.28. The van der Waals surface area contributed by atoms with Crippen LogP contribution in [0.25, 0.3) is 11.3 Å². The number of halogens is 2. The number of hydrogen-bond acceptors (Lipinski definition) is 5. The molecule has 0 aliphatic rings. The highest BCUT2D eigenvalue weighted by Crippen LogP contribution is 2.37. The van der Waals surface area contributed by atoms with E-state index >= 15 is 0 Å². The minimum absolute atomic E-state index is 0.0561. The highest BCUT2D eigenvalue weighted by atomic mass is 79.9. The summed E-state index contributed by atoms with van der Waals surface area (Å²) in [5.74, 6) is -0.704. The van der Waals surface area contributed by atoms with Gasteiger partial charge in [0.2, 0.25) is 0 Å². The van der Waals surface area contributed by atoms with Gasteiger partial charge in [-0.3, -0.25) is 0 Å². The van der Waals surface area contributed by atoms with Gasteiger partial charge in [0.15, 0.2) is 0 Å². The van der Waals surface area contributed by atoms with Gasteiger partial charge >= 0.3 is 5.97 Å². The number of carbonyl (C=O) groups excluding carboxylic acids is 1. The Labute approximate surface area is 129 Å². The fourth-order valence-electron chi connectivity index (χ4n) is 1.93. The van der Waals surface area contributed by atoms with Gasteiger partial charge in [0.1, 0.15) is 28.6 Å². The van der Waals surface area contributed by atoms with E-state index in [1.807, 2.05) is 0 Å². The summed E-state index contributed by atoms with van der Waals surface area (Å²) in [5, 5.41) is 3.78. The Kier molecular flexibility index (Phi) is 4.62. The molecule has 0 atom stereocenters. The number of methoxy groups -OCH3 is 1. The van der Waals surface area contributed by atoms with Gasteiger partial charge in [-0.1, -0.05) is 21.1 Å². The van der Waals surface area contributed by atoms with E-state index in [-0.39, 0.29) is 34.9 Å². The van der Waals surface area contributed by atoms with E-state index in [9.17, 15) is 9.18 Å². The Bertz CT molecular complexity index is 684. The summed E-state index contributed by atoms with van der Waals surface area (Å²) in [6.07, 6.45) is 0. The van der Waals surface area contributed by atoms with Crippen molar-refractivity contribution in [3.05, 3.63) is 33.7 Å². The molecule has 21 heavy (non-hydrogen) atoms. The summed E-state index contributed by atoms with van der Waals surface area (Å²) in [7, 11) is 1.40. The molecule has 0 spiro atoms. The van der Waals surface area contributed by atoms with Crippen LogP contribution >= 0.6 is 15.9 Å². The van der Waals surface area contributed by atoms with E-state index in [0.29, 0.717) is 4.47 Å². The van der Waals surface area contributed by atoms with Crippen molar-refractivity contribution in [3.63, 3.8) is 0 Å². The molecule has 0 saturated heterocycles. The average Bonchev–Trinajstić information content (AvgIpc) is 2.79.